The fourth-order valence-corrected chi connectivity index (χ4v) is 1.10. The number of rotatable bonds is 4. The molecule has 0 fully saturated rings. The van der Waals surface area contributed by atoms with Gasteiger partial charge in [-0.05, 0) is 24.6 Å². The molecule has 1 rings (SSSR count). The van der Waals surface area contributed by atoms with Gasteiger partial charge in [0.2, 0.25) is 6.54 Å². The van der Waals surface area contributed by atoms with Crippen LogP contribution >= 0.6 is 0 Å². The molecule has 0 N–H and O–H groups in total. The Kier molecular flexibility index (Phi) is 3.84. The van der Waals surface area contributed by atoms with Crippen LogP contribution in [0, 0.1) is 6.57 Å². The Labute approximate surface area is 79.0 Å². The van der Waals surface area contributed by atoms with Gasteiger partial charge in [-0.25, -0.2) is 6.57 Å². The van der Waals surface area contributed by atoms with Crippen molar-refractivity contribution >= 4 is 0 Å². The van der Waals surface area contributed by atoms with Crippen LogP contribution in [-0.2, 0) is 6.42 Å². The summed E-state index contributed by atoms with van der Waals surface area (Å²) >= 11 is 0. The summed E-state index contributed by atoms with van der Waals surface area (Å²) in [6.45, 7) is 9.88. The Morgan fingerprint density at radius 1 is 1.31 bits per heavy atom. The molecule has 0 saturated carbocycles. The summed E-state index contributed by atoms with van der Waals surface area (Å²) < 4.78 is 5.30. The minimum absolute atomic E-state index is 0.563. The Morgan fingerprint density at radius 2 is 2.00 bits per heavy atom. The summed E-state index contributed by atoms with van der Waals surface area (Å²) in [6, 6.07) is 7.91. The fourth-order valence-electron chi connectivity index (χ4n) is 1.10. The smallest absolute Gasteiger partial charge is 0.218 e. The SMILES string of the molecule is [C-]#[N+]CCc1ccc(OCC)cc1. The number of ether oxygens (including phenoxy) is 1. The maximum atomic E-state index is 6.66. The van der Waals surface area contributed by atoms with Gasteiger partial charge in [-0.2, -0.15) is 0 Å². The highest BCUT2D eigenvalue weighted by Gasteiger charge is 1.95. The van der Waals surface area contributed by atoms with E-state index in [1.165, 1.54) is 5.56 Å². The number of hydrogen-bond acceptors (Lipinski definition) is 1. The fraction of sp³-hybridized carbons (Fsp3) is 0.364. The molecule has 0 spiro atoms. The molecule has 13 heavy (non-hydrogen) atoms. The third-order valence-electron chi connectivity index (χ3n) is 1.75. The van der Waals surface area contributed by atoms with Crippen molar-refractivity contribution in [1.29, 1.82) is 0 Å². The Bertz CT molecular complexity index is 284. The lowest BCUT2D eigenvalue weighted by Gasteiger charge is -2.02. The molecule has 0 atom stereocenters. The zero-order chi connectivity index (χ0) is 9.52. The zero-order valence-corrected chi connectivity index (χ0v) is 7.79. The van der Waals surface area contributed by atoms with Gasteiger partial charge in [0.1, 0.15) is 5.75 Å². The average Bonchev–Trinajstić information content (AvgIpc) is 2.17. The molecule has 0 radical (unpaired) electrons. The van der Waals surface area contributed by atoms with Crippen molar-refractivity contribution < 1.29 is 4.74 Å². The van der Waals surface area contributed by atoms with Crippen molar-refractivity contribution in [2.75, 3.05) is 13.2 Å². The second-order valence-electron chi connectivity index (χ2n) is 2.71. The molecule has 0 bridgehead atoms. The van der Waals surface area contributed by atoms with E-state index in [2.05, 4.69) is 4.85 Å². The van der Waals surface area contributed by atoms with Crippen molar-refractivity contribution in [3.63, 3.8) is 0 Å². The van der Waals surface area contributed by atoms with E-state index in [0.29, 0.717) is 13.2 Å². The second kappa shape index (κ2) is 5.21. The van der Waals surface area contributed by atoms with Crippen molar-refractivity contribution in [3.8, 4) is 5.75 Å². The molecule has 0 aromatic heterocycles. The lowest BCUT2D eigenvalue weighted by Crippen LogP contribution is -1.92. The van der Waals surface area contributed by atoms with Gasteiger partial charge in [-0.15, -0.1) is 0 Å². The van der Waals surface area contributed by atoms with Crippen LogP contribution in [0.3, 0.4) is 0 Å². The Morgan fingerprint density at radius 3 is 2.54 bits per heavy atom. The molecule has 0 unspecified atom stereocenters. The monoisotopic (exact) mass is 175 g/mol. The molecule has 2 nitrogen and oxygen atoms in total. The van der Waals surface area contributed by atoms with E-state index in [-0.39, 0.29) is 0 Å². The van der Waals surface area contributed by atoms with E-state index in [0.717, 1.165) is 12.2 Å². The molecule has 2 heteroatoms. The van der Waals surface area contributed by atoms with Gasteiger partial charge in [0.25, 0.3) is 0 Å². The van der Waals surface area contributed by atoms with Crippen LogP contribution in [0.5, 0.6) is 5.75 Å². The normalized spacial score (nSPS) is 9.23. The Balaban J connectivity index is 2.54. The molecule has 0 heterocycles. The van der Waals surface area contributed by atoms with E-state index in [1.807, 2.05) is 31.2 Å². The topological polar surface area (TPSA) is 13.6 Å². The van der Waals surface area contributed by atoms with Gasteiger partial charge < -0.3 is 9.58 Å². The van der Waals surface area contributed by atoms with E-state index < -0.39 is 0 Å². The molecular weight excluding hydrogens is 162 g/mol. The van der Waals surface area contributed by atoms with Crippen LogP contribution < -0.4 is 4.74 Å². The third-order valence-corrected chi connectivity index (χ3v) is 1.75. The van der Waals surface area contributed by atoms with E-state index in [9.17, 15) is 0 Å². The summed E-state index contributed by atoms with van der Waals surface area (Å²) in [6.07, 6.45) is 0.829. The predicted octanol–water partition coefficient (Wildman–Crippen LogP) is 2.55. The number of hydrogen-bond donors (Lipinski definition) is 0. The van der Waals surface area contributed by atoms with Gasteiger partial charge in [0, 0.05) is 6.42 Å². The standard InChI is InChI=1S/C11H13NO/c1-3-13-11-6-4-10(5-7-11)8-9-12-2/h4-7H,3,8-9H2,1H3. The lowest BCUT2D eigenvalue weighted by atomic mass is 10.1. The molecular formula is C11H13NO. The first-order chi connectivity index (χ1) is 6.36. The van der Waals surface area contributed by atoms with Gasteiger partial charge in [-0.1, -0.05) is 12.1 Å². The third kappa shape index (κ3) is 3.16. The van der Waals surface area contributed by atoms with Crippen LogP contribution in [0.15, 0.2) is 24.3 Å². The van der Waals surface area contributed by atoms with Crippen LogP contribution in [0.2, 0.25) is 0 Å². The highest BCUT2D eigenvalue weighted by atomic mass is 16.5. The highest BCUT2D eigenvalue weighted by Crippen LogP contribution is 2.12. The number of benzene rings is 1. The van der Waals surface area contributed by atoms with Gasteiger partial charge in [0.15, 0.2) is 0 Å². The summed E-state index contributed by atoms with van der Waals surface area (Å²) in [5.41, 5.74) is 1.19. The maximum absolute atomic E-state index is 6.66. The van der Waals surface area contributed by atoms with Crippen LogP contribution in [0.4, 0.5) is 0 Å². The summed E-state index contributed by atoms with van der Waals surface area (Å²) in [5.74, 6) is 0.897. The molecule has 0 aliphatic heterocycles. The first-order valence-corrected chi connectivity index (χ1v) is 4.41. The predicted molar refractivity (Wildman–Crippen MR) is 52.8 cm³/mol. The summed E-state index contributed by atoms with van der Waals surface area (Å²) in [7, 11) is 0. The van der Waals surface area contributed by atoms with Gasteiger partial charge >= 0.3 is 0 Å². The second-order valence-corrected chi connectivity index (χ2v) is 2.71. The number of nitrogens with zero attached hydrogens (tertiary/aromatic N) is 1. The first-order valence-electron chi connectivity index (χ1n) is 4.41. The van der Waals surface area contributed by atoms with Gasteiger partial charge in [0.05, 0.1) is 6.61 Å². The molecule has 0 aliphatic carbocycles. The van der Waals surface area contributed by atoms with E-state index in [4.69, 9.17) is 11.3 Å². The van der Waals surface area contributed by atoms with E-state index in [1.54, 1.807) is 0 Å². The molecule has 68 valence electrons. The van der Waals surface area contributed by atoms with Crippen LogP contribution in [0.1, 0.15) is 12.5 Å². The average molecular weight is 175 g/mol. The first kappa shape index (κ1) is 9.60. The Hall–Kier alpha value is -1.49. The van der Waals surface area contributed by atoms with Crippen molar-refractivity contribution in [2.45, 2.75) is 13.3 Å². The van der Waals surface area contributed by atoms with Gasteiger partial charge in [-0.3, -0.25) is 0 Å². The molecule has 0 aliphatic rings. The largest absolute Gasteiger partial charge is 0.494 e. The van der Waals surface area contributed by atoms with Crippen LogP contribution in [-0.4, -0.2) is 13.2 Å². The summed E-state index contributed by atoms with van der Waals surface area (Å²) in [4.78, 5) is 3.31. The van der Waals surface area contributed by atoms with Crippen LogP contribution in [0.25, 0.3) is 4.85 Å². The van der Waals surface area contributed by atoms with Crippen molar-refractivity contribution in [3.05, 3.63) is 41.2 Å². The maximum Gasteiger partial charge on any atom is 0.218 e. The molecule has 1 aromatic rings. The molecule has 0 saturated heterocycles. The summed E-state index contributed by atoms with van der Waals surface area (Å²) in [5, 5.41) is 0. The minimum atomic E-state index is 0.563. The van der Waals surface area contributed by atoms with Crippen molar-refractivity contribution in [1.82, 2.24) is 0 Å². The van der Waals surface area contributed by atoms with Crippen molar-refractivity contribution in [2.24, 2.45) is 0 Å². The lowest BCUT2D eigenvalue weighted by molar-refractivity contribution is 0.340. The minimum Gasteiger partial charge on any atom is -0.494 e. The molecule has 0 amide bonds. The molecule has 1 aromatic carbocycles. The van der Waals surface area contributed by atoms with E-state index >= 15 is 0 Å². The zero-order valence-electron chi connectivity index (χ0n) is 7.79. The quantitative estimate of drug-likeness (QED) is 0.641. The highest BCUT2D eigenvalue weighted by molar-refractivity contribution is 5.27.